The van der Waals surface area contributed by atoms with Crippen molar-refractivity contribution in [2.24, 2.45) is 4.99 Å². The van der Waals surface area contributed by atoms with Crippen molar-refractivity contribution in [1.29, 1.82) is 0 Å². The molecule has 146 valence electrons. The third-order valence-electron chi connectivity index (χ3n) is 5.17. The van der Waals surface area contributed by atoms with Gasteiger partial charge in [-0.1, -0.05) is 66.7 Å². The summed E-state index contributed by atoms with van der Waals surface area (Å²) < 4.78 is 5.14. The van der Waals surface area contributed by atoms with Crippen LogP contribution in [0, 0.1) is 0 Å². The van der Waals surface area contributed by atoms with E-state index in [1.807, 2.05) is 24.3 Å². The van der Waals surface area contributed by atoms with Gasteiger partial charge in [-0.15, -0.1) is 0 Å². The van der Waals surface area contributed by atoms with Crippen LogP contribution in [0.2, 0.25) is 0 Å². The van der Waals surface area contributed by atoms with Crippen LogP contribution in [0.1, 0.15) is 35.3 Å². The molecule has 3 aromatic rings. The molecule has 0 radical (unpaired) electrons. The number of aliphatic hydroxyl groups is 1. The molecule has 4 nitrogen and oxygen atoms in total. The molecule has 2 unspecified atom stereocenters. The van der Waals surface area contributed by atoms with E-state index in [4.69, 9.17) is 4.74 Å². The standard InChI is InChI=1S/C25H23NO3/c1-2-29-25(28)23(24(27)18-8-4-3-5-9-18)26-16-17-12-13-22-20(14-17)15-19-10-6-7-11-21(19)22/h3-14,16,23-24,27H,2,15H2,1H3. The Kier molecular flexibility index (Phi) is 5.54. The summed E-state index contributed by atoms with van der Waals surface area (Å²) in [6, 6.07) is 22.6. The second-order valence-corrected chi connectivity index (χ2v) is 7.08. The average molecular weight is 385 g/mol. The summed E-state index contributed by atoms with van der Waals surface area (Å²) in [6.45, 7) is 1.98. The Bertz CT molecular complexity index is 1040. The monoisotopic (exact) mass is 385 g/mol. The number of rotatable bonds is 6. The number of aliphatic hydroxyl groups excluding tert-OH is 1. The van der Waals surface area contributed by atoms with Crippen LogP contribution in [0.25, 0.3) is 11.1 Å². The zero-order valence-corrected chi connectivity index (χ0v) is 16.3. The maximum absolute atomic E-state index is 12.4. The fourth-order valence-electron chi connectivity index (χ4n) is 3.74. The smallest absolute Gasteiger partial charge is 0.333 e. The van der Waals surface area contributed by atoms with Crippen LogP contribution in [-0.4, -0.2) is 29.9 Å². The summed E-state index contributed by atoms with van der Waals surface area (Å²) in [4.78, 5) is 16.8. The first-order chi connectivity index (χ1) is 14.2. The number of ether oxygens (including phenoxy) is 1. The van der Waals surface area contributed by atoms with E-state index in [9.17, 15) is 9.90 Å². The van der Waals surface area contributed by atoms with Crippen LogP contribution < -0.4 is 0 Å². The number of benzene rings is 3. The van der Waals surface area contributed by atoms with Crippen LogP contribution in [0.15, 0.2) is 77.8 Å². The van der Waals surface area contributed by atoms with Crippen molar-refractivity contribution in [2.45, 2.75) is 25.5 Å². The van der Waals surface area contributed by atoms with Gasteiger partial charge in [-0.2, -0.15) is 0 Å². The Balaban J connectivity index is 1.59. The molecule has 0 amide bonds. The van der Waals surface area contributed by atoms with E-state index in [1.54, 1.807) is 25.3 Å². The highest BCUT2D eigenvalue weighted by Gasteiger charge is 2.28. The van der Waals surface area contributed by atoms with Gasteiger partial charge in [0.05, 0.1) is 6.61 Å². The van der Waals surface area contributed by atoms with Crippen molar-refractivity contribution in [3.63, 3.8) is 0 Å². The normalized spacial score (nSPS) is 14.3. The van der Waals surface area contributed by atoms with E-state index in [1.165, 1.54) is 22.3 Å². The van der Waals surface area contributed by atoms with Gasteiger partial charge in [-0.25, -0.2) is 4.79 Å². The quantitative estimate of drug-likeness (QED) is 0.397. The SMILES string of the molecule is CCOC(=O)C(N=Cc1ccc2c(c1)Cc1ccccc1-2)C(O)c1ccccc1. The maximum Gasteiger partial charge on any atom is 0.333 e. The van der Waals surface area contributed by atoms with Gasteiger partial charge in [0.2, 0.25) is 0 Å². The van der Waals surface area contributed by atoms with Crippen LogP contribution in [0.4, 0.5) is 0 Å². The topological polar surface area (TPSA) is 58.9 Å². The van der Waals surface area contributed by atoms with E-state index in [2.05, 4.69) is 41.4 Å². The Labute approximate surface area is 170 Å². The fourth-order valence-corrected chi connectivity index (χ4v) is 3.74. The number of esters is 1. The number of carbonyl (C=O) groups excluding carboxylic acids is 1. The van der Waals surface area contributed by atoms with Crippen molar-refractivity contribution in [3.05, 3.63) is 95.1 Å². The fraction of sp³-hybridized carbons (Fsp3) is 0.200. The highest BCUT2D eigenvalue weighted by Crippen LogP contribution is 2.36. The molecule has 1 aliphatic carbocycles. The minimum atomic E-state index is -1.06. The van der Waals surface area contributed by atoms with E-state index in [-0.39, 0.29) is 6.61 Å². The van der Waals surface area contributed by atoms with Crippen molar-refractivity contribution in [2.75, 3.05) is 6.61 Å². The molecule has 3 aromatic carbocycles. The minimum Gasteiger partial charge on any atom is -0.464 e. The number of fused-ring (bicyclic) bond motifs is 3. The lowest BCUT2D eigenvalue weighted by Gasteiger charge is -2.18. The minimum absolute atomic E-state index is 0.240. The van der Waals surface area contributed by atoms with Gasteiger partial charge in [0.1, 0.15) is 6.10 Å². The molecular formula is C25H23NO3. The van der Waals surface area contributed by atoms with Crippen LogP contribution in [0.5, 0.6) is 0 Å². The van der Waals surface area contributed by atoms with Gasteiger partial charge in [0, 0.05) is 6.21 Å². The number of hydrogen-bond donors (Lipinski definition) is 1. The first-order valence-electron chi connectivity index (χ1n) is 9.81. The molecule has 0 fully saturated rings. The third-order valence-corrected chi connectivity index (χ3v) is 5.17. The lowest BCUT2D eigenvalue weighted by molar-refractivity contribution is -0.147. The van der Waals surface area contributed by atoms with Gasteiger partial charge in [-0.05, 0) is 52.8 Å². The predicted octanol–water partition coefficient (Wildman–Crippen LogP) is 4.34. The largest absolute Gasteiger partial charge is 0.464 e. The van der Waals surface area contributed by atoms with Gasteiger partial charge in [0.15, 0.2) is 6.04 Å². The second kappa shape index (κ2) is 8.41. The predicted molar refractivity (Wildman–Crippen MR) is 114 cm³/mol. The molecule has 0 saturated heterocycles. The summed E-state index contributed by atoms with van der Waals surface area (Å²) in [7, 11) is 0. The Hall–Kier alpha value is -3.24. The van der Waals surface area contributed by atoms with Crippen molar-refractivity contribution in [1.82, 2.24) is 0 Å². The molecule has 0 bridgehead atoms. The van der Waals surface area contributed by atoms with Crippen LogP contribution in [0.3, 0.4) is 0 Å². The molecule has 29 heavy (non-hydrogen) atoms. The summed E-state index contributed by atoms with van der Waals surface area (Å²) in [5.41, 5.74) is 6.60. The third kappa shape index (κ3) is 3.98. The number of nitrogens with zero attached hydrogens (tertiary/aromatic N) is 1. The molecule has 2 atom stereocenters. The lowest BCUT2D eigenvalue weighted by atomic mass is 10.0. The number of carbonyl (C=O) groups is 1. The second-order valence-electron chi connectivity index (χ2n) is 7.08. The summed E-state index contributed by atoms with van der Waals surface area (Å²) in [6.07, 6.45) is 1.48. The lowest BCUT2D eigenvalue weighted by Crippen LogP contribution is -2.28. The molecular weight excluding hydrogens is 362 g/mol. The van der Waals surface area contributed by atoms with Gasteiger partial charge < -0.3 is 9.84 Å². The van der Waals surface area contributed by atoms with Gasteiger partial charge in [-0.3, -0.25) is 4.99 Å². The van der Waals surface area contributed by atoms with Crippen molar-refractivity contribution >= 4 is 12.2 Å². The first kappa shape index (κ1) is 19.1. The van der Waals surface area contributed by atoms with E-state index in [0.29, 0.717) is 5.56 Å². The Morgan fingerprint density at radius 1 is 1.03 bits per heavy atom. The Morgan fingerprint density at radius 3 is 2.55 bits per heavy atom. The first-order valence-corrected chi connectivity index (χ1v) is 9.81. The van der Waals surface area contributed by atoms with E-state index < -0.39 is 18.1 Å². The molecule has 0 aromatic heterocycles. The zero-order valence-electron chi connectivity index (χ0n) is 16.3. The van der Waals surface area contributed by atoms with Crippen molar-refractivity contribution < 1.29 is 14.6 Å². The molecule has 0 spiro atoms. The number of hydrogen-bond acceptors (Lipinski definition) is 4. The molecule has 4 rings (SSSR count). The Morgan fingerprint density at radius 2 is 1.76 bits per heavy atom. The highest BCUT2D eigenvalue weighted by atomic mass is 16.5. The summed E-state index contributed by atoms with van der Waals surface area (Å²) >= 11 is 0. The number of aliphatic imine (C=N–C) groups is 1. The highest BCUT2D eigenvalue weighted by molar-refractivity contribution is 5.87. The molecule has 0 heterocycles. The molecule has 0 aliphatic heterocycles. The van der Waals surface area contributed by atoms with E-state index in [0.717, 1.165) is 12.0 Å². The van der Waals surface area contributed by atoms with E-state index >= 15 is 0 Å². The summed E-state index contributed by atoms with van der Waals surface area (Å²) in [5, 5.41) is 10.7. The van der Waals surface area contributed by atoms with Crippen molar-refractivity contribution in [3.8, 4) is 11.1 Å². The van der Waals surface area contributed by atoms with Crippen LogP contribution >= 0.6 is 0 Å². The zero-order chi connectivity index (χ0) is 20.2. The molecule has 0 saturated carbocycles. The molecule has 1 aliphatic rings. The van der Waals surface area contributed by atoms with Gasteiger partial charge in [0.25, 0.3) is 0 Å². The molecule has 4 heteroatoms. The summed E-state index contributed by atoms with van der Waals surface area (Å²) in [5.74, 6) is -0.534. The average Bonchev–Trinajstić information content (AvgIpc) is 3.12. The van der Waals surface area contributed by atoms with Gasteiger partial charge >= 0.3 is 5.97 Å². The molecule has 1 N–H and O–H groups in total. The van der Waals surface area contributed by atoms with Crippen LogP contribution in [-0.2, 0) is 16.0 Å². The maximum atomic E-state index is 12.4.